The first-order chi connectivity index (χ1) is 8.24. The molecular formula is C11H15BrN4O. The molecule has 3 unspecified atom stereocenters. The van der Waals surface area contributed by atoms with Crippen LogP contribution in [0, 0.1) is 11.1 Å². The fraction of sp³-hybridized carbons (Fsp3) is 0.545. The summed E-state index contributed by atoms with van der Waals surface area (Å²) < 4.78 is 0.856. The number of hydrogen-bond acceptors (Lipinski definition) is 4. The average Bonchev–Trinajstić information content (AvgIpc) is 2.46. The van der Waals surface area contributed by atoms with Crippen molar-refractivity contribution in [3.05, 3.63) is 21.9 Å². The van der Waals surface area contributed by atoms with E-state index in [0.29, 0.717) is 24.2 Å². The zero-order valence-corrected chi connectivity index (χ0v) is 11.0. The van der Waals surface area contributed by atoms with Crippen molar-refractivity contribution in [3.8, 4) is 0 Å². The molecule has 3 N–H and O–H groups in total. The smallest absolute Gasteiger partial charge is 0.188 e. The van der Waals surface area contributed by atoms with Gasteiger partial charge in [-0.15, -0.1) is 0 Å². The van der Waals surface area contributed by atoms with E-state index >= 15 is 0 Å². The van der Waals surface area contributed by atoms with Gasteiger partial charge in [-0.25, -0.2) is 4.98 Å². The Hall–Kier alpha value is -0.690. The number of piperidine rings is 1. The van der Waals surface area contributed by atoms with Crippen LogP contribution in [0.4, 0.5) is 11.5 Å². The van der Waals surface area contributed by atoms with E-state index in [1.54, 1.807) is 6.20 Å². The van der Waals surface area contributed by atoms with Gasteiger partial charge in [-0.3, -0.25) is 0 Å². The minimum absolute atomic E-state index is 0.192. The zero-order valence-electron chi connectivity index (χ0n) is 9.37. The molecule has 6 heteroatoms. The van der Waals surface area contributed by atoms with E-state index < -0.39 is 0 Å². The highest BCUT2D eigenvalue weighted by Gasteiger charge is 2.32. The quantitative estimate of drug-likeness (QED) is 0.601. The maximum atomic E-state index is 12.2. The Labute approximate surface area is 108 Å². The third kappa shape index (κ3) is 2.18. The molecule has 1 aromatic rings. The van der Waals surface area contributed by atoms with Crippen LogP contribution in [-0.2, 0) is 0 Å². The van der Waals surface area contributed by atoms with Crippen molar-refractivity contribution in [2.45, 2.75) is 12.5 Å². The van der Waals surface area contributed by atoms with Crippen molar-refractivity contribution in [2.75, 3.05) is 25.0 Å². The van der Waals surface area contributed by atoms with Crippen LogP contribution in [0.25, 0.3) is 0 Å². The van der Waals surface area contributed by atoms with E-state index in [2.05, 4.69) is 31.5 Å². The largest absolute Gasteiger partial charge is 0.629 e. The summed E-state index contributed by atoms with van der Waals surface area (Å²) in [7, 11) is 0. The lowest BCUT2D eigenvalue weighted by Gasteiger charge is -2.31. The summed E-state index contributed by atoms with van der Waals surface area (Å²) >= 11 is 3.37. The topological polar surface area (TPSA) is 64.5 Å². The molecule has 0 aliphatic carbocycles. The number of pyridine rings is 1. The first-order valence-corrected chi connectivity index (χ1v) is 6.69. The van der Waals surface area contributed by atoms with Crippen molar-refractivity contribution in [1.82, 2.24) is 10.3 Å². The number of hydroxylamine groups is 1. The van der Waals surface area contributed by atoms with Crippen LogP contribution in [0.15, 0.2) is 16.7 Å². The van der Waals surface area contributed by atoms with Gasteiger partial charge in [0.15, 0.2) is 11.5 Å². The maximum absolute atomic E-state index is 12.2. The summed E-state index contributed by atoms with van der Waals surface area (Å²) in [6, 6.07) is 2.23. The van der Waals surface area contributed by atoms with Crippen molar-refractivity contribution >= 4 is 27.4 Å². The lowest BCUT2D eigenvalue weighted by atomic mass is 9.94. The molecule has 1 fully saturated rings. The Morgan fingerprint density at radius 2 is 2.41 bits per heavy atom. The normalized spacial score (nSPS) is 32.0. The molecule has 0 aromatic carbocycles. The Balaban J connectivity index is 1.95. The van der Waals surface area contributed by atoms with Gasteiger partial charge in [0.1, 0.15) is 0 Å². The summed E-state index contributed by atoms with van der Waals surface area (Å²) in [5.74, 6) is 1.12. The predicted molar refractivity (Wildman–Crippen MR) is 69.2 cm³/mol. The minimum Gasteiger partial charge on any atom is -0.629 e. The Kier molecular flexibility index (Phi) is 3.04. The monoisotopic (exact) mass is 298 g/mol. The van der Waals surface area contributed by atoms with Gasteiger partial charge < -0.3 is 20.9 Å². The molecule has 92 valence electrons. The van der Waals surface area contributed by atoms with Crippen molar-refractivity contribution in [2.24, 2.45) is 5.92 Å². The molecule has 0 bridgehead atoms. The van der Waals surface area contributed by atoms with E-state index in [1.807, 2.05) is 6.07 Å². The second kappa shape index (κ2) is 4.53. The van der Waals surface area contributed by atoms with E-state index in [1.165, 1.54) is 0 Å². The fourth-order valence-electron chi connectivity index (χ4n) is 2.62. The number of fused-ring (bicyclic) bond motifs is 2. The molecule has 3 atom stereocenters. The van der Waals surface area contributed by atoms with Crippen LogP contribution in [0.3, 0.4) is 0 Å². The second-order valence-corrected chi connectivity index (χ2v) is 5.60. The second-order valence-electron chi connectivity index (χ2n) is 4.68. The first kappa shape index (κ1) is 11.4. The number of hydrogen-bond donors (Lipinski definition) is 3. The van der Waals surface area contributed by atoms with Crippen LogP contribution in [0.2, 0.25) is 0 Å². The molecule has 3 heterocycles. The number of aromatic nitrogens is 1. The molecule has 0 radical (unpaired) electrons. The molecule has 17 heavy (non-hydrogen) atoms. The highest BCUT2D eigenvalue weighted by molar-refractivity contribution is 9.10. The molecule has 2 aliphatic heterocycles. The average molecular weight is 299 g/mol. The molecule has 5 nitrogen and oxygen atoms in total. The molecule has 0 spiro atoms. The number of nitrogens with zero attached hydrogens (tertiary/aromatic N) is 1. The van der Waals surface area contributed by atoms with Crippen LogP contribution >= 0.6 is 15.9 Å². The number of nitrogens with one attached hydrogen (secondary N) is 3. The van der Waals surface area contributed by atoms with Crippen LogP contribution in [0.1, 0.15) is 6.42 Å². The van der Waals surface area contributed by atoms with Gasteiger partial charge >= 0.3 is 0 Å². The Morgan fingerprint density at radius 3 is 3.29 bits per heavy atom. The highest BCUT2D eigenvalue weighted by atomic mass is 79.9. The van der Waals surface area contributed by atoms with E-state index in [0.717, 1.165) is 29.8 Å². The molecule has 1 saturated heterocycles. The molecule has 0 amide bonds. The summed E-state index contributed by atoms with van der Waals surface area (Å²) in [6.45, 7) is 2.53. The summed E-state index contributed by atoms with van der Waals surface area (Å²) in [5.41, 5.74) is 0.716. The molecule has 2 aliphatic rings. The summed E-state index contributed by atoms with van der Waals surface area (Å²) in [5, 5.41) is 19.2. The van der Waals surface area contributed by atoms with Crippen LogP contribution < -0.4 is 15.7 Å². The lowest BCUT2D eigenvalue weighted by Crippen LogP contribution is -3.03. The van der Waals surface area contributed by atoms with Gasteiger partial charge in [-0.05, 0) is 28.9 Å². The molecule has 1 aromatic heterocycles. The molecule has 3 rings (SSSR count). The van der Waals surface area contributed by atoms with E-state index in [-0.39, 0.29) is 5.06 Å². The Morgan fingerprint density at radius 1 is 1.53 bits per heavy atom. The summed E-state index contributed by atoms with van der Waals surface area (Å²) in [6.07, 6.45) is 2.79. The Bertz CT molecular complexity index is 428. The SMILES string of the molecule is [O-][NH+]1CC2CNCCC2Nc2ncc(Br)cc21. The third-order valence-corrected chi connectivity index (χ3v) is 3.97. The third-order valence-electron chi connectivity index (χ3n) is 3.53. The summed E-state index contributed by atoms with van der Waals surface area (Å²) in [4.78, 5) is 4.32. The van der Waals surface area contributed by atoms with Crippen molar-refractivity contribution in [3.63, 3.8) is 0 Å². The van der Waals surface area contributed by atoms with Crippen molar-refractivity contribution in [1.29, 1.82) is 0 Å². The standard InChI is InChI=1S/C11H15BrN4O/c12-8-3-10-11(14-5-8)15-9-1-2-13-4-7(9)6-16(10)17/h3,5,7,9,13,16H,1-2,4,6H2,(H,14,15). The van der Waals surface area contributed by atoms with Gasteiger partial charge in [-0.1, -0.05) is 0 Å². The zero-order chi connectivity index (χ0) is 11.8. The maximum Gasteiger partial charge on any atom is 0.188 e. The first-order valence-electron chi connectivity index (χ1n) is 5.90. The molecular weight excluding hydrogens is 284 g/mol. The van der Waals surface area contributed by atoms with Gasteiger partial charge in [0, 0.05) is 35.2 Å². The van der Waals surface area contributed by atoms with Crippen LogP contribution in [-0.4, -0.2) is 30.7 Å². The van der Waals surface area contributed by atoms with Gasteiger partial charge in [-0.2, -0.15) is 0 Å². The lowest BCUT2D eigenvalue weighted by molar-refractivity contribution is -0.779. The van der Waals surface area contributed by atoms with Crippen molar-refractivity contribution < 1.29 is 5.06 Å². The van der Waals surface area contributed by atoms with Gasteiger partial charge in [0.05, 0.1) is 6.54 Å². The van der Waals surface area contributed by atoms with Gasteiger partial charge in [0.25, 0.3) is 0 Å². The van der Waals surface area contributed by atoms with Crippen LogP contribution in [0.5, 0.6) is 0 Å². The van der Waals surface area contributed by atoms with E-state index in [9.17, 15) is 5.21 Å². The van der Waals surface area contributed by atoms with E-state index in [4.69, 9.17) is 0 Å². The highest BCUT2D eigenvalue weighted by Crippen LogP contribution is 2.25. The minimum atomic E-state index is 0.192. The number of rotatable bonds is 0. The number of anilines is 1. The van der Waals surface area contributed by atoms with Gasteiger partial charge in [0.2, 0.25) is 0 Å². The number of halogens is 1. The fourth-order valence-corrected chi connectivity index (χ4v) is 2.95. The molecule has 0 saturated carbocycles. The predicted octanol–water partition coefficient (Wildman–Crippen LogP) is 0.262. The number of quaternary nitrogens is 1.